The lowest BCUT2D eigenvalue weighted by Gasteiger charge is -2.30. The highest BCUT2D eigenvalue weighted by atomic mass is 16.4. The Labute approximate surface area is 92.5 Å². The van der Waals surface area contributed by atoms with Crippen LogP contribution in [-0.4, -0.2) is 35.1 Å². The number of aliphatic carboxylic acids is 1. The first kappa shape index (κ1) is 12.5. The molecule has 0 spiro atoms. The number of rotatable bonds is 4. The highest BCUT2D eigenvalue weighted by molar-refractivity contribution is 5.73. The summed E-state index contributed by atoms with van der Waals surface area (Å²) in [5.41, 5.74) is 0. The molecule has 0 amide bonds. The van der Waals surface area contributed by atoms with Gasteiger partial charge in [0.05, 0.1) is 0 Å². The minimum absolute atomic E-state index is 0.243. The summed E-state index contributed by atoms with van der Waals surface area (Å²) in [4.78, 5) is 13.3. The molecule has 3 nitrogen and oxygen atoms in total. The van der Waals surface area contributed by atoms with Gasteiger partial charge in [0.25, 0.3) is 0 Å². The Balaban J connectivity index is 2.50. The van der Waals surface area contributed by atoms with Crippen LogP contribution in [0.2, 0.25) is 0 Å². The average Bonchev–Trinajstić information content (AvgIpc) is 2.14. The highest BCUT2D eigenvalue weighted by Crippen LogP contribution is 2.15. The summed E-state index contributed by atoms with van der Waals surface area (Å²) < 4.78 is 0. The van der Waals surface area contributed by atoms with Crippen LogP contribution in [0.3, 0.4) is 0 Å². The van der Waals surface area contributed by atoms with Crippen molar-refractivity contribution in [1.29, 1.82) is 0 Å². The lowest BCUT2D eigenvalue weighted by molar-refractivity contribution is -0.143. The zero-order valence-electron chi connectivity index (χ0n) is 9.74. The number of carbonyl (C=O) groups is 1. The minimum atomic E-state index is -0.641. The summed E-state index contributed by atoms with van der Waals surface area (Å²) >= 11 is 0. The first-order valence-corrected chi connectivity index (χ1v) is 6.22. The number of hydrogen-bond acceptors (Lipinski definition) is 2. The fourth-order valence-electron chi connectivity index (χ4n) is 2.32. The predicted octanol–water partition coefficient (Wildman–Crippen LogP) is 2.51. The van der Waals surface area contributed by atoms with Crippen LogP contribution >= 0.6 is 0 Å². The van der Waals surface area contributed by atoms with E-state index < -0.39 is 5.97 Å². The normalized spacial score (nSPS) is 21.7. The number of likely N-dealkylation sites (tertiary alicyclic amines) is 1. The van der Waals surface area contributed by atoms with Crippen molar-refractivity contribution in [3.63, 3.8) is 0 Å². The van der Waals surface area contributed by atoms with E-state index >= 15 is 0 Å². The van der Waals surface area contributed by atoms with Crippen molar-refractivity contribution in [2.24, 2.45) is 0 Å². The molecule has 1 N–H and O–H groups in total. The molecule has 1 saturated heterocycles. The maximum absolute atomic E-state index is 11.1. The molecule has 0 saturated carbocycles. The fraction of sp³-hybridized carbons (Fsp3) is 0.917. The third-order valence-electron chi connectivity index (χ3n) is 3.18. The van der Waals surface area contributed by atoms with E-state index in [1.54, 1.807) is 0 Å². The topological polar surface area (TPSA) is 40.5 Å². The average molecular weight is 213 g/mol. The standard InChI is InChI=1S/C12H23NO2/c1-2-8-11(12(14)15)13-9-6-4-3-5-7-10-13/h11H,2-10H2,1H3,(H,14,15). The van der Waals surface area contributed by atoms with Crippen molar-refractivity contribution in [2.45, 2.75) is 57.9 Å². The Kier molecular flexibility index (Phi) is 5.69. The second-order valence-corrected chi connectivity index (χ2v) is 4.45. The van der Waals surface area contributed by atoms with Gasteiger partial charge in [0.1, 0.15) is 6.04 Å². The van der Waals surface area contributed by atoms with Gasteiger partial charge in [0.15, 0.2) is 0 Å². The van der Waals surface area contributed by atoms with Crippen molar-refractivity contribution >= 4 is 5.97 Å². The van der Waals surface area contributed by atoms with Crippen molar-refractivity contribution in [1.82, 2.24) is 4.90 Å². The quantitative estimate of drug-likeness (QED) is 0.780. The molecule has 3 heteroatoms. The maximum atomic E-state index is 11.1. The van der Waals surface area contributed by atoms with Crippen molar-refractivity contribution in [3.05, 3.63) is 0 Å². The van der Waals surface area contributed by atoms with Gasteiger partial charge < -0.3 is 5.11 Å². The van der Waals surface area contributed by atoms with E-state index in [0.29, 0.717) is 0 Å². The first-order valence-electron chi connectivity index (χ1n) is 6.22. The zero-order chi connectivity index (χ0) is 11.1. The SMILES string of the molecule is CCCC(C(=O)O)N1CCCCCCC1. The van der Waals surface area contributed by atoms with Gasteiger partial charge in [-0.3, -0.25) is 9.69 Å². The largest absolute Gasteiger partial charge is 0.480 e. The van der Waals surface area contributed by atoms with Crippen molar-refractivity contribution in [2.75, 3.05) is 13.1 Å². The number of nitrogens with zero attached hydrogens (tertiary/aromatic N) is 1. The molecule has 88 valence electrons. The summed E-state index contributed by atoms with van der Waals surface area (Å²) in [6.45, 7) is 3.99. The molecule has 1 fully saturated rings. The minimum Gasteiger partial charge on any atom is -0.480 e. The van der Waals surface area contributed by atoms with Crippen LogP contribution in [0.5, 0.6) is 0 Å². The van der Waals surface area contributed by atoms with Crippen molar-refractivity contribution in [3.8, 4) is 0 Å². The molecular formula is C12H23NO2. The number of carboxylic acid groups (broad SMARTS) is 1. The van der Waals surface area contributed by atoms with Gasteiger partial charge in [0, 0.05) is 0 Å². The summed E-state index contributed by atoms with van der Waals surface area (Å²) in [7, 11) is 0. The number of hydrogen-bond donors (Lipinski definition) is 1. The number of carboxylic acids is 1. The van der Waals surface area contributed by atoms with E-state index in [9.17, 15) is 9.90 Å². The molecular weight excluding hydrogens is 190 g/mol. The van der Waals surface area contributed by atoms with E-state index in [4.69, 9.17) is 0 Å². The first-order chi connectivity index (χ1) is 7.25. The van der Waals surface area contributed by atoms with E-state index in [0.717, 1.165) is 38.8 Å². The van der Waals surface area contributed by atoms with Crippen molar-refractivity contribution < 1.29 is 9.90 Å². The van der Waals surface area contributed by atoms with E-state index in [-0.39, 0.29) is 6.04 Å². The van der Waals surface area contributed by atoms with Crippen LogP contribution < -0.4 is 0 Å². The van der Waals surface area contributed by atoms with Gasteiger partial charge in [-0.05, 0) is 32.4 Å². The van der Waals surface area contributed by atoms with Gasteiger partial charge >= 0.3 is 5.97 Å². The highest BCUT2D eigenvalue weighted by Gasteiger charge is 2.24. The molecule has 0 aliphatic carbocycles. The van der Waals surface area contributed by atoms with Crippen LogP contribution in [0.15, 0.2) is 0 Å². The molecule has 1 heterocycles. The molecule has 0 bridgehead atoms. The molecule has 1 unspecified atom stereocenters. The Morgan fingerprint density at radius 1 is 1.20 bits per heavy atom. The summed E-state index contributed by atoms with van der Waals surface area (Å²) in [5, 5.41) is 9.18. The summed E-state index contributed by atoms with van der Waals surface area (Å²) in [5.74, 6) is -0.641. The molecule has 1 rings (SSSR count). The molecule has 0 aromatic carbocycles. The molecule has 0 radical (unpaired) electrons. The van der Waals surface area contributed by atoms with Crippen LogP contribution in [0.25, 0.3) is 0 Å². The smallest absolute Gasteiger partial charge is 0.320 e. The monoisotopic (exact) mass is 213 g/mol. The van der Waals surface area contributed by atoms with Gasteiger partial charge in [-0.15, -0.1) is 0 Å². The third-order valence-corrected chi connectivity index (χ3v) is 3.18. The fourth-order valence-corrected chi connectivity index (χ4v) is 2.32. The predicted molar refractivity (Wildman–Crippen MR) is 61.0 cm³/mol. The van der Waals surface area contributed by atoms with Gasteiger partial charge in [-0.2, -0.15) is 0 Å². The maximum Gasteiger partial charge on any atom is 0.320 e. The van der Waals surface area contributed by atoms with E-state index in [1.807, 2.05) is 0 Å². The van der Waals surface area contributed by atoms with Gasteiger partial charge in [-0.25, -0.2) is 0 Å². The van der Waals surface area contributed by atoms with Crippen LogP contribution in [0.4, 0.5) is 0 Å². The van der Waals surface area contributed by atoms with Gasteiger partial charge in [-0.1, -0.05) is 32.6 Å². The van der Waals surface area contributed by atoms with Gasteiger partial charge in [0.2, 0.25) is 0 Å². The van der Waals surface area contributed by atoms with Crippen LogP contribution in [0.1, 0.15) is 51.9 Å². The Morgan fingerprint density at radius 2 is 1.73 bits per heavy atom. The molecule has 15 heavy (non-hydrogen) atoms. The van der Waals surface area contributed by atoms with Crippen LogP contribution in [-0.2, 0) is 4.79 Å². The zero-order valence-corrected chi connectivity index (χ0v) is 9.74. The summed E-state index contributed by atoms with van der Waals surface area (Å²) in [6, 6.07) is -0.243. The molecule has 0 aromatic rings. The second kappa shape index (κ2) is 6.83. The molecule has 1 aliphatic heterocycles. The summed E-state index contributed by atoms with van der Waals surface area (Å²) in [6.07, 6.45) is 7.90. The molecule has 1 atom stereocenters. The Hall–Kier alpha value is -0.570. The van der Waals surface area contributed by atoms with E-state index in [2.05, 4.69) is 11.8 Å². The second-order valence-electron chi connectivity index (χ2n) is 4.45. The molecule has 1 aliphatic rings. The lowest BCUT2D eigenvalue weighted by Crippen LogP contribution is -2.42. The third kappa shape index (κ3) is 4.20. The van der Waals surface area contributed by atoms with E-state index in [1.165, 1.54) is 19.3 Å². The lowest BCUT2D eigenvalue weighted by atomic mass is 10.0. The molecule has 0 aromatic heterocycles. The Morgan fingerprint density at radius 3 is 2.20 bits per heavy atom. The Bertz CT molecular complexity index is 186. The van der Waals surface area contributed by atoms with Crippen LogP contribution in [0, 0.1) is 0 Å².